The fraction of sp³-hybridized carbons (Fsp3) is 0.385. The molecule has 0 aromatic carbocycles. The zero-order valence-electron chi connectivity index (χ0n) is 10.4. The minimum Gasteiger partial charge on any atom is -0.328 e. The highest BCUT2D eigenvalue weighted by Crippen LogP contribution is 2.27. The lowest BCUT2D eigenvalue weighted by molar-refractivity contribution is 0.700. The van der Waals surface area contributed by atoms with Crippen LogP contribution in [-0.4, -0.2) is 16.0 Å². The summed E-state index contributed by atoms with van der Waals surface area (Å²) in [6.45, 7) is 6.08. The van der Waals surface area contributed by atoms with Gasteiger partial charge in [0.05, 0.1) is 10.6 Å². The van der Waals surface area contributed by atoms with E-state index in [9.17, 15) is 0 Å². The first-order valence-electron chi connectivity index (χ1n) is 5.71. The highest BCUT2D eigenvalue weighted by molar-refractivity contribution is 7.13. The number of rotatable bonds is 3. The van der Waals surface area contributed by atoms with Crippen molar-refractivity contribution in [1.29, 1.82) is 0 Å². The third-order valence-corrected chi connectivity index (χ3v) is 3.54. The lowest BCUT2D eigenvalue weighted by atomic mass is 10.2. The molecule has 0 fully saturated rings. The van der Waals surface area contributed by atoms with Gasteiger partial charge in [-0.05, 0) is 43.8 Å². The predicted octanol–water partition coefficient (Wildman–Crippen LogP) is 2.71. The van der Waals surface area contributed by atoms with Crippen LogP contribution in [-0.2, 0) is 6.42 Å². The van der Waals surface area contributed by atoms with Crippen molar-refractivity contribution in [2.45, 2.75) is 33.2 Å². The Balaban J connectivity index is 2.42. The fourth-order valence-electron chi connectivity index (χ4n) is 1.76. The number of hydrogen-bond donors (Lipinski definition) is 1. The lowest BCUT2D eigenvalue weighted by Crippen LogP contribution is -2.19. The van der Waals surface area contributed by atoms with E-state index < -0.39 is 0 Å². The number of aryl methyl sites for hydroxylation is 2. The SMILES string of the molecule is Cc1cc(-c2sccc2C)nc(CC(C)N)n1. The van der Waals surface area contributed by atoms with Gasteiger partial charge in [0.25, 0.3) is 0 Å². The van der Waals surface area contributed by atoms with Crippen LogP contribution in [0.4, 0.5) is 0 Å². The number of nitrogens with zero attached hydrogens (tertiary/aromatic N) is 2. The van der Waals surface area contributed by atoms with E-state index in [0.717, 1.165) is 23.6 Å². The first kappa shape index (κ1) is 12.2. The second kappa shape index (κ2) is 4.94. The molecule has 0 aliphatic carbocycles. The highest BCUT2D eigenvalue weighted by atomic mass is 32.1. The summed E-state index contributed by atoms with van der Waals surface area (Å²) in [4.78, 5) is 10.2. The molecule has 2 heterocycles. The van der Waals surface area contributed by atoms with Crippen LogP contribution < -0.4 is 5.73 Å². The molecule has 0 amide bonds. The molecule has 0 aliphatic rings. The van der Waals surface area contributed by atoms with Gasteiger partial charge in [-0.3, -0.25) is 0 Å². The first-order chi connectivity index (χ1) is 8.06. The Morgan fingerprint density at radius 2 is 2.12 bits per heavy atom. The van der Waals surface area contributed by atoms with Crippen LogP contribution in [0.1, 0.15) is 24.0 Å². The molecule has 0 saturated carbocycles. The molecule has 17 heavy (non-hydrogen) atoms. The Hall–Kier alpha value is -1.26. The van der Waals surface area contributed by atoms with E-state index in [0.29, 0.717) is 0 Å². The van der Waals surface area contributed by atoms with Crippen LogP contribution in [0.15, 0.2) is 17.5 Å². The summed E-state index contributed by atoms with van der Waals surface area (Å²) in [5.41, 5.74) is 9.07. The predicted molar refractivity (Wildman–Crippen MR) is 72.2 cm³/mol. The van der Waals surface area contributed by atoms with E-state index in [1.54, 1.807) is 11.3 Å². The van der Waals surface area contributed by atoms with Crippen LogP contribution in [0, 0.1) is 13.8 Å². The quantitative estimate of drug-likeness (QED) is 0.907. The molecule has 0 radical (unpaired) electrons. The molecule has 2 aromatic heterocycles. The van der Waals surface area contributed by atoms with E-state index in [1.807, 2.05) is 19.9 Å². The van der Waals surface area contributed by atoms with Gasteiger partial charge in [-0.25, -0.2) is 9.97 Å². The topological polar surface area (TPSA) is 51.8 Å². The number of thiophene rings is 1. The van der Waals surface area contributed by atoms with Crippen LogP contribution in [0.25, 0.3) is 10.6 Å². The Morgan fingerprint density at radius 1 is 1.35 bits per heavy atom. The largest absolute Gasteiger partial charge is 0.328 e. The van der Waals surface area contributed by atoms with Gasteiger partial charge in [0.1, 0.15) is 5.82 Å². The second-order valence-corrected chi connectivity index (χ2v) is 5.34. The zero-order chi connectivity index (χ0) is 12.4. The number of aromatic nitrogens is 2. The Morgan fingerprint density at radius 3 is 2.71 bits per heavy atom. The van der Waals surface area contributed by atoms with Gasteiger partial charge in [-0.1, -0.05) is 0 Å². The normalized spacial score (nSPS) is 12.7. The molecule has 2 N–H and O–H groups in total. The Labute approximate surface area is 106 Å². The van der Waals surface area contributed by atoms with Crippen molar-refractivity contribution >= 4 is 11.3 Å². The Kier molecular flexibility index (Phi) is 3.54. The van der Waals surface area contributed by atoms with Gasteiger partial charge in [0.2, 0.25) is 0 Å². The molecule has 1 unspecified atom stereocenters. The fourth-order valence-corrected chi connectivity index (χ4v) is 2.65. The minimum absolute atomic E-state index is 0.0917. The summed E-state index contributed by atoms with van der Waals surface area (Å²) in [7, 11) is 0. The summed E-state index contributed by atoms with van der Waals surface area (Å²) < 4.78 is 0. The van der Waals surface area contributed by atoms with Gasteiger partial charge < -0.3 is 5.73 Å². The van der Waals surface area contributed by atoms with Crippen molar-refractivity contribution in [2.24, 2.45) is 5.73 Å². The van der Waals surface area contributed by atoms with Gasteiger partial charge in [-0.15, -0.1) is 11.3 Å². The molecule has 1 atom stereocenters. The molecular weight excluding hydrogens is 230 g/mol. The van der Waals surface area contributed by atoms with Crippen molar-refractivity contribution in [3.05, 3.63) is 34.6 Å². The maximum atomic E-state index is 5.80. The summed E-state index contributed by atoms with van der Waals surface area (Å²) in [5, 5.41) is 2.09. The monoisotopic (exact) mass is 247 g/mol. The second-order valence-electron chi connectivity index (χ2n) is 4.42. The Bertz CT molecular complexity index is 517. The van der Waals surface area contributed by atoms with Crippen LogP contribution in [0.5, 0.6) is 0 Å². The average molecular weight is 247 g/mol. The molecule has 4 heteroatoms. The third kappa shape index (κ3) is 2.90. The number of nitrogens with two attached hydrogens (primary N) is 1. The standard InChI is InChI=1S/C13H17N3S/c1-8-4-5-17-13(8)11-7-10(3)15-12(16-11)6-9(2)14/h4-5,7,9H,6,14H2,1-3H3. The van der Waals surface area contributed by atoms with Crippen molar-refractivity contribution < 1.29 is 0 Å². The molecule has 90 valence electrons. The van der Waals surface area contributed by atoms with E-state index in [2.05, 4.69) is 28.3 Å². The van der Waals surface area contributed by atoms with E-state index in [4.69, 9.17) is 5.73 Å². The molecule has 0 saturated heterocycles. The molecule has 0 aliphatic heterocycles. The van der Waals surface area contributed by atoms with Crippen molar-refractivity contribution in [3.63, 3.8) is 0 Å². The summed E-state index contributed by atoms with van der Waals surface area (Å²) in [6.07, 6.45) is 0.721. The maximum absolute atomic E-state index is 5.80. The van der Waals surface area contributed by atoms with E-state index in [1.165, 1.54) is 10.4 Å². The summed E-state index contributed by atoms with van der Waals surface area (Å²) in [6, 6.07) is 4.24. The van der Waals surface area contributed by atoms with Crippen molar-refractivity contribution in [2.75, 3.05) is 0 Å². The molecular formula is C13H17N3S. The summed E-state index contributed by atoms with van der Waals surface area (Å²) >= 11 is 1.72. The summed E-state index contributed by atoms with van der Waals surface area (Å²) in [5.74, 6) is 0.836. The number of hydrogen-bond acceptors (Lipinski definition) is 4. The molecule has 2 rings (SSSR count). The molecule has 3 nitrogen and oxygen atoms in total. The van der Waals surface area contributed by atoms with Crippen LogP contribution in [0.2, 0.25) is 0 Å². The zero-order valence-corrected chi connectivity index (χ0v) is 11.2. The molecule has 2 aromatic rings. The van der Waals surface area contributed by atoms with Crippen LogP contribution >= 0.6 is 11.3 Å². The lowest BCUT2D eigenvalue weighted by Gasteiger charge is -2.07. The third-order valence-electron chi connectivity index (χ3n) is 2.50. The molecule has 0 spiro atoms. The minimum atomic E-state index is 0.0917. The van der Waals surface area contributed by atoms with Crippen molar-refractivity contribution in [3.8, 4) is 10.6 Å². The first-order valence-corrected chi connectivity index (χ1v) is 6.59. The smallest absolute Gasteiger partial charge is 0.130 e. The van der Waals surface area contributed by atoms with Crippen molar-refractivity contribution in [1.82, 2.24) is 9.97 Å². The van der Waals surface area contributed by atoms with E-state index in [-0.39, 0.29) is 6.04 Å². The maximum Gasteiger partial charge on any atom is 0.130 e. The van der Waals surface area contributed by atoms with Gasteiger partial charge in [0, 0.05) is 18.2 Å². The highest BCUT2D eigenvalue weighted by Gasteiger charge is 2.09. The van der Waals surface area contributed by atoms with Gasteiger partial charge >= 0.3 is 0 Å². The van der Waals surface area contributed by atoms with Gasteiger partial charge in [0.15, 0.2) is 0 Å². The van der Waals surface area contributed by atoms with Crippen LogP contribution in [0.3, 0.4) is 0 Å². The van der Waals surface area contributed by atoms with E-state index >= 15 is 0 Å². The van der Waals surface area contributed by atoms with Gasteiger partial charge in [-0.2, -0.15) is 0 Å². The molecule has 0 bridgehead atoms. The average Bonchev–Trinajstić information content (AvgIpc) is 2.62.